The molecule has 0 atom stereocenters. The van der Waals surface area contributed by atoms with Gasteiger partial charge in [0.2, 0.25) is 0 Å². The van der Waals surface area contributed by atoms with Crippen LogP contribution in [0.4, 0.5) is 0 Å². The van der Waals surface area contributed by atoms with Crippen LogP contribution in [0.3, 0.4) is 0 Å². The van der Waals surface area contributed by atoms with Crippen molar-refractivity contribution in [2.45, 2.75) is 6.54 Å². The second-order valence-corrected chi connectivity index (χ2v) is 3.90. The van der Waals surface area contributed by atoms with Gasteiger partial charge in [0.1, 0.15) is 7.85 Å². The minimum absolute atomic E-state index is 0.827. The van der Waals surface area contributed by atoms with Crippen LogP contribution in [0.2, 0.25) is 0 Å². The Morgan fingerprint density at radius 1 is 1.31 bits per heavy atom. The zero-order chi connectivity index (χ0) is 9.52. The Morgan fingerprint density at radius 2 is 2.00 bits per heavy atom. The van der Waals surface area contributed by atoms with Crippen LogP contribution in [-0.4, -0.2) is 26.4 Å². The van der Waals surface area contributed by atoms with Crippen LogP contribution < -0.4 is 10.8 Å². The molecule has 0 heterocycles. The van der Waals surface area contributed by atoms with Crippen LogP contribution in [0.1, 0.15) is 5.56 Å². The first-order chi connectivity index (χ1) is 6.33. The fraction of sp³-hybridized carbons (Fsp3) is 0.400. The van der Waals surface area contributed by atoms with Gasteiger partial charge in [-0.3, -0.25) is 0 Å². The van der Waals surface area contributed by atoms with Gasteiger partial charge in [-0.25, -0.2) is 0 Å². The van der Waals surface area contributed by atoms with Gasteiger partial charge in [-0.2, -0.15) is 11.8 Å². The number of hydrogen-bond donors (Lipinski definition) is 1. The van der Waals surface area contributed by atoms with Gasteiger partial charge in [-0.1, -0.05) is 29.7 Å². The van der Waals surface area contributed by atoms with Crippen molar-refractivity contribution in [3.05, 3.63) is 29.8 Å². The average Bonchev–Trinajstić information content (AvgIpc) is 2.15. The van der Waals surface area contributed by atoms with E-state index in [1.807, 2.05) is 23.9 Å². The summed E-state index contributed by atoms with van der Waals surface area (Å²) < 4.78 is 0. The highest BCUT2D eigenvalue weighted by molar-refractivity contribution is 7.98. The summed E-state index contributed by atoms with van der Waals surface area (Å²) >= 11 is 1.86. The summed E-state index contributed by atoms with van der Waals surface area (Å²) in [5.74, 6) is 1.16. The Bertz CT molecular complexity index is 235. The van der Waals surface area contributed by atoms with Gasteiger partial charge in [0.25, 0.3) is 0 Å². The van der Waals surface area contributed by atoms with Crippen molar-refractivity contribution < 1.29 is 0 Å². The van der Waals surface area contributed by atoms with E-state index in [1.54, 1.807) is 0 Å². The maximum atomic E-state index is 5.58. The number of thioether (sulfide) groups is 1. The van der Waals surface area contributed by atoms with Crippen LogP contribution in [0, 0.1) is 0 Å². The van der Waals surface area contributed by atoms with E-state index >= 15 is 0 Å². The number of nitrogens with one attached hydrogen (secondary N) is 1. The van der Waals surface area contributed by atoms with Crippen LogP contribution >= 0.6 is 11.8 Å². The van der Waals surface area contributed by atoms with Crippen LogP contribution in [0.15, 0.2) is 24.3 Å². The maximum Gasteiger partial charge on any atom is 0.113 e. The maximum absolute atomic E-state index is 5.58. The van der Waals surface area contributed by atoms with E-state index in [9.17, 15) is 0 Å². The molecule has 1 nitrogen and oxygen atoms in total. The van der Waals surface area contributed by atoms with Crippen molar-refractivity contribution in [2.24, 2.45) is 0 Å². The van der Waals surface area contributed by atoms with Gasteiger partial charge in [0.15, 0.2) is 0 Å². The zero-order valence-corrected chi connectivity index (χ0v) is 8.73. The molecule has 1 aromatic carbocycles. The second-order valence-electron chi connectivity index (χ2n) is 2.91. The van der Waals surface area contributed by atoms with E-state index in [-0.39, 0.29) is 0 Å². The number of benzene rings is 1. The predicted molar refractivity (Wildman–Crippen MR) is 61.9 cm³/mol. The van der Waals surface area contributed by atoms with Gasteiger partial charge in [-0.15, -0.1) is 0 Å². The normalized spacial score (nSPS) is 10.2. The third-order valence-corrected chi connectivity index (χ3v) is 2.40. The molecule has 0 fully saturated rings. The van der Waals surface area contributed by atoms with E-state index < -0.39 is 0 Å². The Morgan fingerprint density at radius 3 is 2.62 bits per heavy atom. The van der Waals surface area contributed by atoms with Crippen molar-refractivity contribution in [1.82, 2.24) is 5.32 Å². The Balaban J connectivity index is 2.25. The van der Waals surface area contributed by atoms with E-state index in [4.69, 9.17) is 7.85 Å². The summed E-state index contributed by atoms with van der Waals surface area (Å²) in [6.45, 7) is 1.99. The molecule has 0 aliphatic heterocycles. The third-order valence-electron chi connectivity index (χ3n) is 1.79. The molecule has 1 rings (SSSR count). The molecule has 13 heavy (non-hydrogen) atoms. The molecule has 1 N–H and O–H groups in total. The molecule has 0 spiro atoms. The van der Waals surface area contributed by atoms with Gasteiger partial charge >= 0.3 is 0 Å². The first kappa shape index (κ1) is 10.7. The SMILES string of the molecule is [B]c1ccc(CNCCSC)cc1. The molecule has 0 saturated carbocycles. The molecule has 3 heteroatoms. The molecule has 68 valence electrons. The lowest BCUT2D eigenvalue weighted by Crippen LogP contribution is -2.16. The lowest BCUT2D eigenvalue weighted by Gasteiger charge is -2.03. The lowest BCUT2D eigenvalue weighted by atomic mass is 9.95. The molecule has 0 saturated heterocycles. The molecular weight excluding hydrogens is 177 g/mol. The molecular formula is C10H14BNS. The summed E-state index contributed by atoms with van der Waals surface area (Å²) in [7, 11) is 5.58. The molecule has 0 aromatic heterocycles. The van der Waals surface area contributed by atoms with Crippen molar-refractivity contribution >= 4 is 25.1 Å². The summed E-state index contributed by atoms with van der Waals surface area (Å²) in [5, 5.41) is 3.36. The van der Waals surface area contributed by atoms with Crippen molar-refractivity contribution in [2.75, 3.05) is 18.6 Å². The predicted octanol–water partition coefficient (Wildman–Crippen LogP) is 0.933. The third kappa shape index (κ3) is 4.39. The van der Waals surface area contributed by atoms with E-state index in [0.29, 0.717) is 0 Å². The lowest BCUT2D eigenvalue weighted by molar-refractivity contribution is 0.732. The van der Waals surface area contributed by atoms with Crippen molar-refractivity contribution in [1.29, 1.82) is 0 Å². The minimum Gasteiger partial charge on any atom is -0.312 e. The minimum atomic E-state index is 0.827. The number of hydrogen-bond acceptors (Lipinski definition) is 2. The largest absolute Gasteiger partial charge is 0.312 e. The average molecular weight is 191 g/mol. The Kier molecular flexibility index (Phi) is 5.02. The quantitative estimate of drug-likeness (QED) is 0.549. The standard InChI is InChI=1S/C10H14BNS/c1-13-7-6-12-8-9-2-4-10(11)5-3-9/h2-5,12H,6-8H2,1H3. The summed E-state index contributed by atoms with van der Waals surface area (Å²) in [4.78, 5) is 0. The summed E-state index contributed by atoms with van der Waals surface area (Å²) in [6.07, 6.45) is 2.12. The van der Waals surface area contributed by atoms with E-state index in [0.717, 1.165) is 24.3 Å². The van der Waals surface area contributed by atoms with Crippen LogP contribution in [-0.2, 0) is 6.54 Å². The van der Waals surface area contributed by atoms with Crippen LogP contribution in [0.5, 0.6) is 0 Å². The van der Waals surface area contributed by atoms with Gasteiger partial charge in [-0.05, 0) is 11.8 Å². The molecule has 1 aromatic rings. The van der Waals surface area contributed by atoms with Gasteiger partial charge in [0.05, 0.1) is 0 Å². The van der Waals surface area contributed by atoms with E-state index in [1.165, 1.54) is 5.56 Å². The molecule has 0 amide bonds. The first-order valence-corrected chi connectivity index (χ1v) is 5.76. The molecule has 0 bridgehead atoms. The summed E-state index contributed by atoms with van der Waals surface area (Å²) in [5.41, 5.74) is 2.11. The topological polar surface area (TPSA) is 12.0 Å². The van der Waals surface area contributed by atoms with Gasteiger partial charge in [0, 0.05) is 18.8 Å². The van der Waals surface area contributed by atoms with Crippen molar-refractivity contribution in [3.8, 4) is 0 Å². The highest BCUT2D eigenvalue weighted by atomic mass is 32.2. The second kappa shape index (κ2) is 6.11. The molecule has 0 aliphatic rings. The molecule has 0 aliphatic carbocycles. The number of rotatable bonds is 5. The highest BCUT2D eigenvalue weighted by Crippen LogP contribution is 1.95. The molecule has 0 unspecified atom stereocenters. The fourth-order valence-electron chi connectivity index (χ4n) is 1.04. The zero-order valence-electron chi connectivity index (χ0n) is 7.92. The van der Waals surface area contributed by atoms with Crippen LogP contribution in [0.25, 0.3) is 0 Å². The smallest absolute Gasteiger partial charge is 0.113 e. The fourth-order valence-corrected chi connectivity index (χ4v) is 1.39. The van der Waals surface area contributed by atoms with Gasteiger partial charge < -0.3 is 5.32 Å². The van der Waals surface area contributed by atoms with E-state index in [2.05, 4.69) is 23.7 Å². The Hall–Kier alpha value is -0.405. The summed E-state index contributed by atoms with van der Waals surface area (Å²) in [6, 6.07) is 7.99. The first-order valence-electron chi connectivity index (χ1n) is 4.37. The highest BCUT2D eigenvalue weighted by Gasteiger charge is 1.90. The Labute approximate surface area is 85.7 Å². The van der Waals surface area contributed by atoms with Crippen molar-refractivity contribution in [3.63, 3.8) is 0 Å². The molecule has 2 radical (unpaired) electrons. The monoisotopic (exact) mass is 191 g/mol.